The summed E-state index contributed by atoms with van der Waals surface area (Å²) in [6.07, 6.45) is 4.36. The molecular formula is C15H24N4O2. The van der Waals surface area contributed by atoms with E-state index in [1.807, 2.05) is 18.3 Å². The predicted octanol–water partition coefficient (Wildman–Crippen LogP) is 0.662. The third kappa shape index (κ3) is 4.68. The van der Waals surface area contributed by atoms with Gasteiger partial charge in [-0.25, -0.2) is 4.98 Å². The van der Waals surface area contributed by atoms with Crippen molar-refractivity contribution in [1.82, 2.24) is 10.3 Å². The molecule has 116 valence electrons. The van der Waals surface area contributed by atoms with Crippen LogP contribution >= 0.6 is 0 Å². The minimum atomic E-state index is -0.222. The Balaban J connectivity index is 1.79. The Kier molecular flexibility index (Phi) is 5.95. The summed E-state index contributed by atoms with van der Waals surface area (Å²) in [5.41, 5.74) is 6.49. The van der Waals surface area contributed by atoms with Crippen LogP contribution in [0.5, 0.6) is 0 Å². The lowest BCUT2D eigenvalue weighted by atomic mass is 10.2. The molecule has 1 aromatic rings. The highest BCUT2D eigenvalue weighted by atomic mass is 16.5. The van der Waals surface area contributed by atoms with Gasteiger partial charge in [0.1, 0.15) is 5.82 Å². The summed E-state index contributed by atoms with van der Waals surface area (Å²) in [6, 6.07) is 4.03. The van der Waals surface area contributed by atoms with Crippen molar-refractivity contribution in [2.45, 2.75) is 31.9 Å². The molecule has 0 spiro atoms. The van der Waals surface area contributed by atoms with Crippen molar-refractivity contribution in [2.75, 3.05) is 31.6 Å². The van der Waals surface area contributed by atoms with Crippen LogP contribution in [0.25, 0.3) is 0 Å². The number of nitrogens with one attached hydrogen (secondary N) is 1. The highest BCUT2D eigenvalue weighted by Crippen LogP contribution is 2.17. The van der Waals surface area contributed by atoms with Crippen molar-refractivity contribution < 1.29 is 9.53 Å². The molecule has 1 atom stereocenters. The van der Waals surface area contributed by atoms with Gasteiger partial charge < -0.3 is 20.7 Å². The first-order chi connectivity index (χ1) is 10.2. The predicted molar refractivity (Wildman–Crippen MR) is 82.0 cm³/mol. The van der Waals surface area contributed by atoms with Crippen LogP contribution in [0.15, 0.2) is 18.3 Å². The van der Waals surface area contributed by atoms with Gasteiger partial charge >= 0.3 is 0 Å². The lowest BCUT2D eigenvalue weighted by molar-refractivity contribution is -0.123. The molecule has 0 radical (unpaired) electrons. The normalized spacial score (nSPS) is 16.0. The molecule has 2 heterocycles. The SMILES string of the molecule is COC(CN)CC(=O)NCc1ccc(N2CCCC2)nc1. The average molecular weight is 292 g/mol. The zero-order valence-corrected chi connectivity index (χ0v) is 12.5. The molecule has 2 rings (SSSR count). The van der Waals surface area contributed by atoms with E-state index in [1.54, 1.807) is 7.11 Å². The lowest BCUT2D eigenvalue weighted by Gasteiger charge is -2.16. The molecule has 1 amide bonds. The van der Waals surface area contributed by atoms with Gasteiger partial charge in [0.2, 0.25) is 5.91 Å². The molecule has 1 aromatic heterocycles. The Hall–Kier alpha value is -1.66. The van der Waals surface area contributed by atoms with Crippen molar-refractivity contribution in [3.05, 3.63) is 23.9 Å². The molecule has 0 bridgehead atoms. The summed E-state index contributed by atoms with van der Waals surface area (Å²) in [6.45, 7) is 2.99. The largest absolute Gasteiger partial charge is 0.380 e. The first-order valence-corrected chi connectivity index (χ1v) is 7.42. The maximum Gasteiger partial charge on any atom is 0.222 e. The monoisotopic (exact) mass is 292 g/mol. The van der Waals surface area contributed by atoms with Crippen molar-refractivity contribution >= 4 is 11.7 Å². The van der Waals surface area contributed by atoms with E-state index in [1.165, 1.54) is 12.8 Å². The van der Waals surface area contributed by atoms with Crippen molar-refractivity contribution in [2.24, 2.45) is 5.73 Å². The van der Waals surface area contributed by atoms with Crippen LogP contribution in [0.3, 0.4) is 0 Å². The number of carbonyl (C=O) groups excluding carboxylic acids is 1. The first kappa shape index (κ1) is 15.7. The van der Waals surface area contributed by atoms with Gasteiger partial charge in [0.05, 0.1) is 12.5 Å². The number of anilines is 1. The number of nitrogens with two attached hydrogens (primary N) is 1. The van der Waals surface area contributed by atoms with Crippen LogP contribution in [0.4, 0.5) is 5.82 Å². The molecule has 1 unspecified atom stereocenters. The Morgan fingerprint density at radius 1 is 1.48 bits per heavy atom. The fraction of sp³-hybridized carbons (Fsp3) is 0.600. The Bertz CT molecular complexity index is 439. The van der Waals surface area contributed by atoms with Gasteiger partial charge in [-0.2, -0.15) is 0 Å². The van der Waals surface area contributed by atoms with Crippen molar-refractivity contribution in [1.29, 1.82) is 0 Å². The summed E-state index contributed by atoms with van der Waals surface area (Å²) in [4.78, 5) is 18.5. The van der Waals surface area contributed by atoms with Gasteiger partial charge in [0, 0.05) is 39.5 Å². The number of ether oxygens (including phenoxy) is 1. The second-order valence-corrected chi connectivity index (χ2v) is 5.29. The van der Waals surface area contributed by atoms with Gasteiger partial charge in [-0.15, -0.1) is 0 Å². The van der Waals surface area contributed by atoms with E-state index in [2.05, 4.69) is 15.2 Å². The number of methoxy groups -OCH3 is 1. The molecule has 0 aromatic carbocycles. The number of amides is 1. The number of pyridine rings is 1. The Morgan fingerprint density at radius 3 is 2.81 bits per heavy atom. The van der Waals surface area contributed by atoms with E-state index in [0.717, 1.165) is 24.5 Å². The maximum atomic E-state index is 11.7. The standard InChI is InChI=1S/C15H24N4O2/c1-21-13(9-16)8-15(20)18-11-12-4-5-14(17-10-12)19-6-2-3-7-19/h4-5,10,13H,2-3,6-9,11,16H2,1H3,(H,18,20). The molecule has 1 aliphatic rings. The third-order valence-corrected chi connectivity index (χ3v) is 3.74. The van der Waals surface area contributed by atoms with Gasteiger partial charge in [0.25, 0.3) is 0 Å². The van der Waals surface area contributed by atoms with Gasteiger partial charge in [-0.05, 0) is 24.5 Å². The van der Waals surface area contributed by atoms with E-state index in [9.17, 15) is 4.79 Å². The maximum absolute atomic E-state index is 11.7. The number of hydrogen-bond acceptors (Lipinski definition) is 5. The summed E-state index contributed by atoms with van der Waals surface area (Å²) in [5, 5.41) is 2.86. The first-order valence-electron chi connectivity index (χ1n) is 7.42. The number of hydrogen-bond donors (Lipinski definition) is 2. The summed E-state index contributed by atoms with van der Waals surface area (Å²) < 4.78 is 5.09. The topological polar surface area (TPSA) is 80.5 Å². The molecule has 6 nitrogen and oxygen atoms in total. The van der Waals surface area contributed by atoms with Crippen LogP contribution in [0, 0.1) is 0 Å². The van der Waals surface area contributed by atoms with Crippen LogP contribution in [0.1, 0.15) is 24.8 Å². The number of aromatic nitrogens is 1. The number of nitrogens with zero attached hydrogens (tertiary/aromatic N) is 2. The molecule has 1 aliphatic heterocycles. The van der Waals surface area contributed by atoms with Crippen LogP contribution < -0.4 is 16.0 Å². The number of rotatable bonds is 7. The fourth-order valence-corrected chi connectivity index (χ4v) is 2.40. The van der Waals surface area contributed by atoms with Gasteiger partial charge in [-0.1, -0.05) is 6.07 Å². The van der Waals surface area contributed by atoms with Crippen LogP contribution in [-0.4, -0.2) is 43.7 Å². The zero-order chi connectivity index (χ0) is 15.1. The van der Waals surface area contributed by atoms with E-state index < -0.39 is 0 Å². The highest BCUT2D eigenvalue weighted by Gasteiger charge is 2.13. The summed E-state index contributed by atoms with van der Waals surface area (Å²) in [7, 11) is 1.56. The van der Waals surface area contributed by atoms with E-state index in [0.29, 0.717) is 13.1 Å². The summed E-state index contributed by atoms with van der Waals surface area (Å²) in [5.74, 6) is 0.959. The van der Waals surface area contributed by atoms with Crippen molar-refractivity contribution in [3.63, 3.8) is 0 Å². The zero-order valence-electron chi connectivity index (χ0n) is 12.5. The molecular weight excluding hydrogens is 268 g/mol. The molecule has 6 heteroatoms. The fourth-order valence-electron chi connectivity index (χ4n) is 2.40. The molecule has 21 heavy (non-hydrogen) atoms. The Labute approximate surface area is 125 Å². The minimum absolute atomic E-state index is 0.0593. The lowest BCUT2D eigenvalue weighted by Crippen LogP contribution is -2.31. The molecule has 1 fully saturated rings. The van der Waals surface area contributed by atoms with Crippen LogP contribution in [-0.2, 0) is 16.1 Å². The molecule has 0 saturated carbocycles. The van der Waals surface area contributed by atoms with E-state index >= 15 is 0 Å². The van der Waals surface area contributed by atoms with E-state index in [-0.39, 0.29) is 18.4 Å². The molecule has 1 saturated heterocycles. The van der Waals surface area contributed by atoms with Gasteiger partial charge in [-0.3, -0.25) is 4.79 Å². The van der Waals surface area contributed by atoms with E-state index in [4.69, 9.17) is 10.5 Å². The van der Waals surface area contributed by atoms with Crippen molar-refractivity contribution in [3.8, 4) is 0 Å². The second kappa shape index (κ2) is 7.95. The van der Waals surface area contributed by atoms with Gasteiger partial charge in [0.15, 0.2) is 0 Å². The molecule has 0 aliphatic carbocycles. The summed E-state index contributed by atoms with van der Waals surface area (Å²) >= 11 is 0. The average Bonchev–Trinajstić information content (AvgIpc) is 3.05. The highest BCUT2D eigenvalue weighted by molar-refractivity contribution is 5.76. The smallest absolute Gasteiger partial charge is 0.222 e. The number of carbonyl (C=O) groups is 1. The van der Waals surface area contributed by atoms with Crippen LogP contribution in [0.2, 0.25) is 0 Å². The third-order valence-electron chi connectivity index (χ3n) is 3.74. The second-order valence-electron chi connectivity index (χ2n) is 5.29. The quantitative estimate of drug-likeness (QED) is 0.772. The molecule has 3 N–H and O–H groups in total. The Morgan fingerprint density at radius 2 is 2.24 bits per heavy atom. The minimum Gasteiger partial charge on any atom is -0.380 e.